The van der Waals surface area contributed by atoms with Crippen LogP contribution in [0.1, 0.15) is 46.0 Å². The standard InChI is InChI=1S/C8H18ClO3P/c1-3-5-6-7-8(4-2)12-13(9,10)11/h8H,3-7H2,1-2H3,(H,10,11). The fourth-order valence-electron chi connectivity index (χ4n) is 1.14. The first kappa shape index (κ1) is 13.4. The van der Waals surface area contributed by atoms with Gasteiger partial charge in [-0.2, -0.15) is 0 Å². The molecule has 0 heterocycles. The van der Waals surface area contributed by atoms with Crippen molar-refractivity contribution in [3.63, 3.8) is 0 Å². The first-order valence-electron chi connectivity index (χ1n) is 4.70. The average Bonchev–Trinajstić information content (AvgIpc) is 2.01. The van der Waals surface area contributed by atoms with Crippen LogP contribution in [0, 0.1) is 0 Å². The largest absolute Gasteiger partial charge is 0.421 e. The highest BCUT2D eigenvalue weighted by Gasteiger charge is 2.20. The van der Waals surface area contributed by atoms with Crippen molar-refractivity contribution >= 4 is 18.2 Å². The van der Waals surface area contributed by atoms with Crippen LogP contribution >= 0.6 is 18.2 Å². The predicted octanol–water partition coefficient (Wildman–Crippen LogP) is 3.70. The maximum absolute atomic E-state index is 10.7. The van der Waals surface area contributed by atoms with Gasteiger partial charge in [-0.25, -0.2) is 4.57 Å². The van der Waals surface area contributed by atoms with Gasteiger partial charge in [0.2, 0.25) is 0 Å². The molecule has 0 aliphatic carbocycles. The molecule has 0 aromatic rings. The summed E-state index contributed by atoms with van der Waals surface area (Å²) >= 11 is 5.11. The van der Waals surface area contributed by atoms with E-state index in [0.717, 1.165) is 32.1 Å². The van der Waals surface area contributed by atoms with Crippen LogP contribution in [-0.2, 0) is 9.09 Å². The third-order valence-electron chi connectivity index (χ3n) is 1.86. The molecule has 0 aromatic carbocycles. The van der Waals surface area contributed by atoms with Crippen molar-refractivity contribution in [2.45, 2.75) is 52.1 Å². The molecular weight excluding hydrogens is 211 g/mol. The Kier molecular flexibility index (Phi) is 7.06. The number of hydrogen-bond donors (Lipinski definition) is 1. The van der Waals surface area contributed by atoms with E-state index in [1.807, 2.05) is 6.92 Å². The number of halogens is 1. The van der Waals surface area contributed by atoms with Crippen molar-refractivity contribution < 1.29 is 14.0 Å². The van der Waals surface area contributed by atoms with Crippen LogP contribution in [0.5, 0.6) is 0 Å². The van der Waals surface area contributed by atoms with Crippen LogP contribution in [0.3, 0.4) is 0 Å². The molecule has 13 heavy (non-hydrogen) atoms. The molecule has 0 aromatic heterocycles. The maximum Gasteiger partial charge on any atom is 0.421 e. The van der Waals surface area contributed by atoms with Gasteiger partial charge in [-0.1, -0.05) is 33.1 Å². The van der Waals surface area contributed by atoms with E-state index in [1.54, 1.807) is 0 Å². The Labute approximate surface area is 84.8 Å². The van der Waals surface area contributed by atoms with E-state index in [0.29, 0.717) is 0 Å². The van der Waals surface area contributed by atoms with Gasteiger partial charge in [0.1, 0.15) is 0 Å². The number of unbranched alkanes of at least 4 members (excludes halogenated alkanes) is 2. The van der Waals surface area contributed by atoms with E-state index in [4.69, 9.17) is 20.7 Å². The highest BCUT2D eigenvalue weighted by Crippen LogP contribution is 2.49. The molecule has 0 aliphatic rings. The normalized spacial score (nSPS) is 18.2. The Balaban J connectivity index is 3.70. The second-order valence-electron chi connectivity index (χ2n) is 3.08. The Morgan fingerprint density at radius 3 is 2.46 bits per heavy atom. The molecule has 5 heteroatoms. The summed E-state index contributed by atoms with van der Waals surface area (Å²) in [5, 5.41) is 0. The van der Waals surface area contributed by atoms with Crippen molar-refractivity contribution in [2.75, 3.05) is 0 Å². The zero-order valence-electron chi connectivity index (χ0n) is 8.20. The van der Waals surface area contributed by atoms with Gasteiger partial charge in [0, 0.05) is 11.2 Å². The lowest BCUT2D eigenvalue weighted by Crippen LogP contribution is -2.08. The topological polar surface area (TPSA) is 46.5 Å². The second kappa shape index (κ2) is 6.83. The number of rotatable bonds is 7. The summed E-state index contributed by atoms with van der Waals surface area (Å²) in [5.74, 6) is 0. The van der Waals surface area contributed by atoms with Crippen molar-refractivity contribution in [1.82, 2.24) is 0 Å². The fraction of sp³-hybridized carbons (Fsp3) is 1.00. The molecular formula is C8H18ClO3P. The van der Waals surface area contributed by atoms with Crippen molar-refractivity contribution in [1.29, 1.82) is 0 Å². The minimum atomic E-state index is -3.81. The Bertz CT molecular complexity index is 169. The molecule has 0 bridgehead atoms. The molecule has 2 unspecified atom stereocenters. The highest BCUT2D eigenvalue weighted by atomic mass is 35.7. The van der Waals surface area contributed by atoms with E-state index in [1.165, 1.54) is 0 Å². The maximum atomic E-state index is 10.7. The first-order valence-corrected chi connectivity index (χ1v) is 7.18. The van der Waals surface area contributed by atoms with Crippen LogP contribution in [0.2, 0.25) is 0 Å². The summed E-state index contributed by atoms with van der Waals surface area (Å²) in [6, 6.07) is 0. The predicted molar refractivity (Wildman–Crippen MR) is 55.0 cm³/mol. The second-order valence-corrected chi connectivity index (χ2v) is 5.48. The van der Waals surface area contributed by atoms with Crippen LogP contribution in [0.15, 0.2) is 0 Å². The molecule has 3 nitrogen and oxygen atoms in total. The average molecular weight is 229 g/mol. The highest BCUT2D eigenvalue weighted by molar-refractivity contribution is 7.80. The molecule has 0 amide bonds. The van der Waals surface area contributed by atoms with E-state index in [2.05, 4.69) is 6.92 Å². The molecule has 0 radical (unpaired) electrons. The van der Waals surface area contributed by atoms with Crippen LogP contribution in [0.25, 0.3) is 0 Å². The van der Waals surface area contributed by atoms with Crippen molar-refractivity contribution in [3.05, 3.63) is 0 Å². The Morgan fingerprint density at radius 1 is 1.46 bits per heavy atom. The van der Waals surface area contributed by atoms with Crippen molar-refractivity contribution in [3.8, 4) is 0 Å². The fourth-order valence-corrected chi connectivity index (χ4v) is 2.10. The van der Waals surface area contributed by atoms with Gasteiger partial charge in [0.05, 0.1) is 6.10 Å². The molecule has 2 atom stereocenters. The van der Waals surface area contributed by atoms with E-state index < -0.39 is 6.95 Å². The molecule has 0 saturated carbocycles. The summed E-state index contributed by atoms with van der Waals surface area (Å²) < 4.78 is 15.5. The summed E-state index contributed by atoms with van der Waals surface area (Å²) in [7, 11) is 0. The molecule has 0 saturated heterocycles. The molecule has 1 N–H and O–H groups in total. The van der Waals surface area contributed by atoms with E-state index in [9.17, 15) is 4.57 Å². The summed E-state index contributed by atoms with van der Waals surface area (Å²) in [5.41, 5.74) is 0. The van der Waals surface area contributed by atoms with Gasteiger partial charge in [0.15, 0.2) is 0 Å². The van der Waals surface area contributed by atoms with Gasteiger partial charge in [-0.05, 0) is 12.8 Å². The zero-order valence-corrected chi connectivity index (χ0v) is 9.85. The number of hydrogen-bond acceptors (Lipinski definition) is 2. The molecule has 0 spiro atoms. The van der Waals surface area contributed by atoms with Crippen LogP contribution in [-0.4, -0.2) is 11.0 Å². The quantitative estimate of drug-likeness (QED) is 0.534. The minimum absolute atomic E-state index is 0.181. The monoisotopic (exact) mass is 228 g/mol. The molecule has 80 valence electrons. The Hall–Kier alpha value is 0.440. The Morgan fingerprint density at radius 2 is 2.08 bits per heavy atom. The minimum Gasteiger partial charge on any atom is -0.313 e. The molecule has 0 fully saturated rings. The van der Waals surface area contributed by atoms with E-state index >= 15 is 0 Å². The van der Waals surface area contributed by atoms with Gasteiger partial charge >= 0.3 is 6.95 Å². The summed E-state index contributed by atoms with van der Waals surface area (Å²) in [6.07, 6.45) is 4.63. The van der Waals surface area contributed by atoms with Gasteiger partial charge < -0.3 is 4.89 Å². The molecule has 0 aliphatic heterocycles. The molecule has 0 rings (SSSR count). The van der Waals surface area contributed by atoms with Crippen molar-refractivity contribution in [2.24, 2.45) is 0 Å². The third-order valence-corrected chi connectivity index (χ3v) is 2.66. The smallest absolute Gasteiger partial charge is 0.313 e. The zero-order chi connectivity index (χ0) is 10.3. The van der Waals surface area contributed by atoms with Gasteiger partial charge in [-0.3, -0.25) is 4.52 Å². The lowest BCUT2D eigenvalue weighted by molar-refractivity contribution is 0.167. The third kappa shape index (κ3) is 8.76. The van der Waals surface area contributed by atoms with Gasteiger partial charge in [0.25, 0.3) is 0 Å². The lowest BCUT2D eigenvalue weighted by Gasteiger charge is -2.15. The SMILES string of the molecule is CCCCCC(CC)OP(=O)(O)Cl. The van der Waals surface area contributed by atoms with Gasteiger partial charge in [-0.15, -0.1) is 0 Å². The van der Waals surface area contributed by atoms with Crippen LogP contribution < -0.4 is 0 Å². The van der Waals surface area contributed by atoms with E-state index in [-0.39, 0.29) is 6.10 Å². The summed E-state index contributed by atoms with van der Waals surface area (Å²) in [4.78, 5) is 8.77. The van der Waals surface area contributed by atoms with Crippen LogP contribution in [0.4, 0.5) is 0 Å². The first-order chi connectivity index (χ1) is 5.99. The lowest BCUT2D eigenvalue weighted by atomic mass is 10.1. The summed E-state index contributed by atoms with van der Waals surface area (Å²) in [6.45, 7) is 0.216.